The fourth-order valence-electron chi connectivity index (χ4n) is 2.98. The molecule has 3 aromatic rings. The number of aromatic nitrogens is 2. The lowest BCUT2D eigenvalue weighted by atomic mass is 10.0. The van der Waals surface area contributed by atoms with E-state index in [0.717, 1.165) is 25.1 Å². The van der Waals surface area contributed by atoms with Crippen molar-refractivity contribution in [2.24, 2.45) is 0 Å². The van der Waals surface area contributed by atoms with Crippen LogP contribution in [-0.4, -0.2) is 27.7 Å². The van der Waals surface area contributed by atoms with Gasteiger partial charge in [-0.25, -0.2) is 4.98 Å². The third-order valence-electron chi connectivity index (χ3n) is 4.15. The van der Waals surface area contributed by atoms with Gasteiger partial charge in [-0.05, 0) is 43.5 Å². The average molecular weight is 339 g/mol. The molecule has 0 spiro atoms. The molecule has 4 rings (SSSR count). The first-order valence-corrected chi connectivity index (χ1v) is 8.88. The van der Waals surface area contributed by atoms with Gasteiger partial charge in [0.25, 0.3) is 5.22 Å². The van der Waals surface area contributed by atoms with Gasteiger partial charge in [-0.15, -0.1) is 0 Å². The fraction of sp³-hybridized carbons (Fsp3) is 0.278. The molecule has 0 fully saturated rings. The van der Waals surface area contributed by atoms with Crippen molar-refractivity contribution in [1.29, 1.82) is 0 Å². The summed E-state index contributed by atoms with van der Waals surface area (Å²) in [5.74, 6) is 0.0855. The number of pyridine rings is 1. The Kier molecular flexibility index (Phi) is 3.98. The summed E-state index contributed by atoms with van der Waals surface area (Å²) in [6, 6.07) is 11.8. The largest absolute Gasteiger partial charge is 0.430 e. The number of aryl methyl sites for hydroxylation is 1. The molecule has 1 unspecified atom stereocenters. The zero-order chi connectivity index (χ0) is 16.5. The second-order valence-corrected chi connectivity index (χ2v) is 7.08. The van der Waals surface area contributed by atoms with E-state index >= 15 is 0 Å². The Hall–Kier alpha value is -2.34. The summed E-state index contributed by atoms with van der Waals surface area (Å²) in [6.45, 7) is 2.66. The van der Waals surface area contributed by atoms with Crippen molar-refractivity contribution in [3.05, 3.63) is 48.2 Å². The Morgan fingerprint density at radius 2 is 2.17 bits per heavy atom. The van der Waals surface area contributed by atoms with Gasteiger partial charge in [0.1, 0.15) is 0 Å². The van der Waals surface area contributed by atoms with Crippen molar-refractivity contribution in [2.75, 3.05) is 11.4 Å². The van der Waals surface area contributed by atoms with Crippen molar-refractivity contribution in [2.45, 2.75) is 30.2 Å². The smallest absolute Gasteiger partial charge is 0.259 e. The van der Waals surface area contributed by atoms with Crippen LogP contribution in [-0.2, 0) is 11.2 Å². The van der Waals surface area contributed by atoms with Crippen LogP contribution >= 0.6 is 11.8 Å². The zero-order valence-electron chi connectivity index (χ0n) is 13.3. The van der Waals surface area contributed by atoms with Crippen molar-refractivity contribution in [1.82, 2.24) is 9.97 Å². The summed E-state index contributed by atoms with van der Waals surface area (Å²) >= 11 is 1.34. The molecule has 1 atom stereocenters. The second kappa shape index (κ2) is 6.28. The lowest BCUT2D eigenvalue weighted by Crippen LogP contribution is -2.40. The van der Waals surface area contributed by atoms with E-state index in [1.165, 1.54) is 17.3 Å². The molecule has 0 N–H and O–H groups in total. The van der Waals surface area contributed by atoms with Crippen LogP contribution < -0.4 is 4.90 Å². The standard InChI is InChI=1S/C18H17N3O2S/c1-12(24-18-20-16-15(23-18)9-4-10-19-16)17(22)21-11-5-7-13-6-2-3-8-14(13)21/h2-4,6,8-10,12H,5,7,11H2,1H3. The average Bonchev–Trinajstić information content (AvgIpc) is 3.02. The quantitative estimate of drug-likeness (QED) is 0.681. The SMILES string of the molecule is CC(Sc1nc2ncccc2o1)C(=O)N1CCCc2ccccc21. The summed E-state index contributed by atoms with van der Waals surface area (Å²) in [5, 5.41) is 0.207. The number of amides is 1. The topological polar surface area (TPSA) is 59.2 Å². The van der Waals surface area contributed by atoms with Gasteiger partial charge in [0.2, 0.25) is 5.91 Å². The van der Waals surface area contributed by atoms with E-state index in [4.69, 9.17) is 4.42 Å². The molecule has 2 aromatic heterocycles. The maximum absolute atomic E-state index is 12.9. The van der Waals surface area contributed by atoms with Crippen molar-refractivity contribution < 1.29 is 9.21 Å². The monoisotopic (exact) mass is 339 g/mol. The summed E-state index contributed by atoms with van der Waals surface area (Å²) in [4.78, 5) is 23.3. The highest BCUT2D eigenvalue weighted by atomic mass is 32.2. The van der Waals surface area contributed by atoms with Gasteiger partial charge >= 0.3 is 0 Å². The Balaban J connectivity index is 1.54. The number of anilines is 1. The third-order valence-corrected chi connectivity index (χ3v) is 5.08. The minimum Gasteiger partial charge on any atom is -0.430 e. The van der Waals surface area contributed by atoms with Gasteiger partial charge < -0.3 is 9.32 Å². The number of carbonyl (C=O) groups excluding carboxylic acids is 1. The van der Waals surface area contributed by atoms with Crippen LogP contribution in [0.2, 0.25) is 0 Å². The first-order chi connectivity index (χ1) is 11.7. The third kappa shape index (κ3) is 2.78. The van der Waals surface area contributed by atoms with Gasteiger partial charge in [0.05, 0.1) is 5.25 Å². The lowest BCUT2D eigenvalue weighted by Gasteiger charge is -2.31. The molecule has 0 saturated carbocycles. The number of para-hydroxylation sites is 1. The molecule has 1 aliphatic rings. The van der Waals surface area contributed by atoms with Crippen molar-refractivity contribution >= 4 is 34.6 Å². The van der Waals surface area contributed by atoms with Crippen LogP contribution in [0.1, 0.15) is 18.9 Å². The number of hydrogen-bond acceptors (Lipinski definition) is 5. The molecule has 1 amide bonds. The molecular formula is C18H17N3O2S. The highest BCUT2D eigenvalue weighted by molar-refractivity contribution is 8.00. The minimum atomic E-state index is -0.274. The van der Waals surface area contributed by atoms with E-state index in [9.17, 15) is 4.79 Å². The van der Waals surface area contributed by atoms with Crippen LogP contribution in [0.4, 0.5) is 5.69 Å². The first kappa shape index (κ1) is 15.2. The van der Waals surface area contributed by atoms with Crippen LogP contribution in [0.5, 0.6) is 0 Å². The minimum absolute atomic E-state index is 0.0855. The van der Waals surface area contributed by atoms with Gasteiger partial charge in [-0.2, -0.15) is 4.98 Å². The van der Waals surface area contributed by atoms with E-state index in [2.05, 4.69) is 16.0 Å². The zero-order valence-corrected chi connectivity index (χ0v) is 14.1. The van der Waals surface area contributed by atoms with Gasteiger partial charge in [0.15, 0.2) is 11.2 Å². The molecule has 0 aliphatic carbocycles. The predicted octanol–water partition coefficient (Wildman–Crippen LogP) is 3.68. The van der Waals surface area contributed by atoms with E-state index in [0.29, 0.717) is 16.5 Å². The number of oxazole rings is 1. The van der Waals surface area contributed by atoms with Crippen LogP contribution in [0.15, 0.2) is 52.2 Å². The molecule has 3 heterocycles. The molecular weight excluding hydrogens is 322 g/mol. The number of nitrogens with zero attached hydrogens (tertiary/aromatic N) is 3. The van der Waals surface area contributed by atoms with E-state index in [1.54, 1.807) is 12.3 Å². The van der Waals surface area contributed by atoms with E-state index < -0.39 is 0 Å². The van der Waals surface area contributed by atoms with Crippen molar-refractivity contribution in [3.63, 3.8) is 0 Å². The maximum Gasteiger partial charge on any atom is 0.259 e. The van der Waals surface area contributed by atoms with Gasteiger partial charge in [0, 0.05) is 18.4 Å². The maximum atomic E-state index is 12.9. The Bertz CT molecular complexity index is 860. The molecule has 1 aliphatic heterocycles. The summed E-state index contributed by atoms with van der Waals surface area (Å²) in [6.07, 6.45) is 3.70. The first-order valence-electron chi connectivity index (χ1n) is 8.00. The number of rotatable bonds is 3. The Labute approximate surface area is 144 Å². The molecule has 1 aromatic carbocycles. The van der Waals surface area contributed by atoms with Crippen molar-refractivity contribution in [3.8, 4) is 0 Å². The molecule has 0 saturated heterocycles. The second-order valence-electron chi connectivity index (χ2n) is 5.79. The molecule has 5 nitrogen and oxygen atoms in total. The molecule has 6 heteroatoms. The number of fused-ring (bicyclic) bond motifs is 2. The lowest BCUT2D eigenvalue weighted by molar-refractivity contribution is -0.117. The summed E-state index contributed by atoms with van der Waals surface area (Å²) in [5.41, 5.74) is 3.48. The van der Waals surface area contributed by atoms with Crippen LogP contribution in [0, 0.1) is 0 Å². The highest BCUT2D eigenvalue weighted by Crippen LogP contribution is 2.31. The Morgan fingerprint density at radius 1 is 1.29 bits per heavy atom. The predicted molar refractivity (Wildman–Crippen MR) is 94.2 cm³/mol. The normalized spacial score (nSPS) is 15.3. The molecule has 0 bridgehead atoms. The number of hydrogen-bond donors (Lipinski definition) is 0. The number of benzene rings is 1. The summed E-state index contributed by atoms with van der Waals surface area (Å²) < 4.78 is 5.66. The number of thioether (sulfide) groups is 1. The molecule has 0 radical (unpaired) electrons. The van der Waals surface area contributed by atoms with Crippen LogP contribution in [0.3, 0.4) is 0 Å². The fourth-order valence-corrected chi connectivity index (χ4v) is 3.79. The van der Waals surface area contributed by atoms with E-state index in [1.807, 2.05) is 36.1 Å². The van der Waals surface area contributed by atoms with Gasteiger partial charge in [-0.3, -0.25) is 4.79 Å². The van der Waals surface area contributed by atoms with Crippen LogP contribution in [0.25, 0.3) is 11.2 Å². The summed E-state index contributed by atoms with van der Waals surface area (Å²) in [7, 11) is 0. The van der Waals surface area contributed by atoms with Gasteiger partial charge in [-0.1, -0.05) is 30.0 Å². The Morgan fingerprint density at radius 3 is 3.04 bits per heavy atom. The molecule has 24 heavy (non-hydrogen) atoms. The number of carbonyl (C=O) groups is 1. The highest BCUT2D eigenvalue weighted by Gasteiger charge is 2.27. The van der Waals surface area contributed by atoms with E-state index in [-0.39, 0.29) is 11.2 Å². The molecule has 122 valence electrons.